The number of nitrogens with one attached hydrogen (secondary N) is 1. The molecule has 104 valence electrons. The van der Waals surface area contributed by atoms with Gasteiger partial charge in [0.25, 0.3) is 0 Å². The van der Waals surface area contributed by atoms with Crippen LogP contribution in [0.2, 0.25) is 0 Å². The van der Waals surface area contributed by atoms with Crippen LogP contribution in [0.3, 0.4) is 0 Å². The quantitative estimate of drug-likeness (QED) is 0.878. The van der Waals surface area contributed by atoms with Crippen LogP contribution in [0.25, 0.3) is 0 Å². The standard InChI is InChI=1S/C11H11N3O3.2ClH/c15-11(16)9(6-10-13-4-5-14-10)17-8-2-1-3-12-7-8;;/h1-5,7,9H,6H2,(H,13,14)(H,15,16);2*1H. The number of halogens is 2. The van der Waals surface area contributed by atoms with Gasteiger partial charge in [0.15, 0.2) is 0 Å². The van der Waals surface area contributed by atoms with Crippen molar-refractivity contribution in [1.29, 1.82) is 0 Å². The molecule has 2 heterocycles. The summed E-state index contributed by atoms with van der Waals surface area (Å²) < 4.78 is 5.33. The molecule has 0 saturated heterocycles. The van der Waals surface area contributed by atoms with Crippen LogP contribution in [-0.2, 0) is 11.2 Å². The molecule has 0 fully saturated rings. The summed E-state index contributed by atoms with van der Waals surface area (Å²) in [4.78, 5) is 21.7. The van der Waals surface area contributed by atoms with Gasteiger partial charge in [-0.05, 0) is 12.1 Å². The van der Waals surface area contributed by atoms with E-state index < -0.39 is 12.1 Å². The van der Waals surface area contributed by atoms with Gasteiger partial charge >= 0.3 is 5.97 Å². The first kappa shape index (κ1) is 17.2. The summed E-state index contributed by atoms with van der Waals surface area (Å²) in [6.45, 7) is 0. The van der Waals surface area contributed by atoms with E-state index in [0.717, 1.165) is 0 Å². The molecule has 0 aromatic carbocycles. The van der Waals surface area contributed by atoms with Gasteiger partial charge in [-0.25, -0.2) is 9.78 Å². The normalized spacial score (nSPS) is 10.7. The minimum absolute atomic E-state index is 0. The van der Waals surface area contributed by atoms with E-state index in [1.165, 1.54) is 6.20 Å². The van der Waals surface area contributed by atoms with Gasteiger partial charge in [-0.15, -0.1) is 24.8 Å². The third kappa shape index (κ3) is 5.15. The number of hydrogen-bond donors (Lipinski definition) is 2. The lowest BCUT2D eigenvalue weighted by Crippen LogP contribution is -2.29. The fourth-order valence-corrected chi connectivity index (χ4v) is 1.35. The molecule has 19 heavy (non-hydrogen) atoms. The molecule has 2 rings (SSSR count). The van der Waals surface area contributed by atoms with Crippen molar-refractivity contribution < 1.29 is 14.6 Å². The fraction of sp³-hybridized carbons (Fsp3) is 0.182. The Labute approximate surface area is 122 Å². The highest BCUT2D eigenvalue weighted by molar-refractivity contribution is 5.85. The molecule has 0 aliphatic carbocycles. The zero-order valence-corrected chi connectivity index (χ0v) is 11.4. The van der Waals surface area contributed by atoms with Gasteiger partial charge in [0.05, 0.1) is 12.6 Å². The maximum Gasteiger partial charge on any atom is 0.345 e. The van der Waals surface area contributed by atoms with E-state index in [4.69, 9.17) is 9.84 Å². The van der Waals surface area contributed by atoms with E-state index in [1.807, 2.05) is 0 Å². The number of nitrogens with zero attached hydrogens (tertiary/aromatic N) is 2. The van der Waals surface area contributed by atoms with Crippen molar-refractivity contribution in [2.45, 2.75) is 12.5 Å². The van der Waals surface area contributed by atoms with Crippen molar-refractivity contribution in [2.75, 3.05) is 0 Å². The number of carboxylic acid groups (broad SMARTS) is 1. The summed E-state index contributed by atoms with van der Waals surface area (Å²) in [5, 5.41) is 9.05. The summed E-state index contributed by atoms with van der Waals surface area (Å²) in [5.74, 6) is -0.0435. The molecule has 0 radical (unpaired) electrons. The summed E-state index contributed by atoms with van der Waals surface area (Å²) in [5.41, 5.74) is 0. The number of aromatic nitrogens is 3. The third-order valence-corrected chi connectivity index (χ3v) is 2.12. The summed E-state index contributed by atoms with van der Waals surface area (Å²) in [7, 11) is 0. The Hall–Kier alpha value is -1.79. The van der Waals surface area contributed by atoms with Crippen LogP contribution in [0.1, 0.15) is 5.82 Å². The summed E-state index contributed by atoms with van der Waals surface area (Å²) in [6.07, 6.45) is 5.46. The Morgan fingerprint density at radius 1 is 1.42 bits per heavy atom. The number of hydrogen-bond acceptors (Lipinski definition) is 4. The molecule has 0 spiro atoms. The predicted molar refractivity (Wildman–Crippen MR) is 73.1 cm³/mol. The number of carboxylic acids is 1. The Balaban J connectivity index is 0.00000162. The van der Waals surface area contributed by atoms with Crippen molar-refractivity contribution in [3.63, 3.8) is 0 Å². The molecule has 2 aromatic heterocycles. The molecular formula is C11H13Cl2N3O3. The van der Waals surface area contributed by atoms with Crippen molar-refractivity contribution in [2.24, 2.45) is 0 Å². The Bertz CT molecular complexity index is 479. The lowest BCUT2D eigenvalue weighted by Gasteiger charge is -2.13. The average Bonchev–Trinajstić information content (AvgIpc) is 2.82. The molecule has 0 saturated carbocycles. The minimum atomic E-state index is -1.04. The molecule has 8 heteroatoms. The highest BCUT2D eigenvalue weighted by Crippen LogP contribution is 2.11. The molecule has 0 aliphatic heterocycles. The number of aliphatic carboxylic acids is 1. The van der Waals surface area contributed by atoms with Gasteiger partial charge < -0.3 is 14.8 Å². The molecule has 1 unspecified atom stereocenters. The Morgan fingerprint density at radius 2 is 2.21 bits per heavy atom. The maximum absolute atomic E-state index is 11.0. The van der Waals surface area contributed by atoms with Gasteiger partial charge in [-0.3, -0.25) is 4.98 Å². The van der Waals surface area contributed by atoms with Crippen molar-refractivity contribution in [3.8, 4) is 5.75 Å². The van der Waals surface area contributed by atoms with E-state index in [1.54, 1.807) is 30.7 Å². The maximum atomic E-state index is 11.0. The average molecular weight is 306 g/mol. The SMILES string of the molecule is Cl.Cl.O=C(O)C(Cc1ncc[nH]1)Oc1cccnc1. The van der Waals surface area contributed by atoms with Crippen LogP contribution < -0.4 is 4.74 Å². The van der Waals surface area contributed by atoms with Gasteiger partial charge in [0.2, 0.25) is 6.10 Å². The number of pyridine rings is 1. The zero-order chi connectivity index (χ0) is 12.1. The van der Waals surface area contributed by atoms with Crippen molar-refractivity contribution in [1.82, 2.24) is 15.0 Å². The lowest BCUT2D eigenvalue weighted by atomic mass is 10.2. The van der Waals surface area contributed by atoms with Crippen LogP contribution in [0, 0.1) is 0 Å². The molecule has 2 aromatic rings. The summed E-state index contributed by atoms with van der Waals surface area (Å²) in [6, 6.07) is 3.34. The van der Waals surface area contributed by atoms with Crippen LogP contribution in [0.4, 0.5) is 0 Å². The number of H-pyrrole nitrogens is 1. The first-order valence-corrected chi connectivity index (χ1v) is 5.03. The topological polar surface area (TPSA) is 88.1 Å². The van der Waals surface area contributed by atoms with E-state index in [2.05, 4.69) is 15.0 Å². The number of imidazole rings is 1. The number of rotatable bonds is 5. The molecule has 2 N–H and O–H groups in total. The van der Waals surface area contributed by atoms with Crippen LogP contribution in [0.5, 0.6) is 5.75 Å². The largest absolute Gasteiger partial charge is 0.478 e. The molecule has 0 bridgehead atoms. The van der Waals surface area contributed by atoms with Crippen LogP contribution in [0.15, 0.2) is 36.9 Å². The highest BCUT2D eigenvalue weighted by Gasteiger charge is 2.21. The van der Waals surface area contributed by atoms with Gasteiger partial charge in [-0.2, -0.15) is 0 Å². The molecular weight excluding hydrogens is 293 g/mol. The number of aromatic amines is 1. The second kappa shape index (κ2) is 8.34. The van der Waals surface area contributed by atoms with Crippen molar-refractivity contribution >= 4 is 30.8 Å². The molecule has 6 nitrogen and oxygen atoms in total. The first-order chi connectivity index (χ1) is 8.25. The highest BCUT2D eigenvalue weighted by atomic mass is 35.5. The van der Waals surface area contributed by atoms with Gasteiger partial charge in [-0.1, -0.05) is 0 Å². The van der Waals surface area contributed by atoms with Gasteiger partial charge in [0, 0.05) is 18.6 Å². The molecule has 0 amide bonds. The van der Waals surface area contributed by atoms with Gasteiger partial charge in [0.1, 0.15) is 11.6 Å². The third-order valence-electron chi connectivity index (χ3n) is 2.12. The second-order valence-electron chi connectivity index (χ2n) is 3.37. The first-order valence-electron chi connectivity index (χ1n) is 5.03. The van der Waals surface area contributed by atoms with Crippen LogP contribution >= 0.6 is 24.8 Å². The predicted octanol–water partition coefficient (Wildman–Crippen LogP) is 1.72. The number of ether oxygens (including phenoxy) is 1. The minimum Gasteiger partial charge on any atom is -0.478 e. The molecule has 0 aliphatic rings. The van der Waals surface area contributed by atoms with E-state index in [0.29, 0.717) is 11.6 Å². The lowest BCUT2D eigenvalue weighted by molar-refractivity contribution is -0.145. The fourth-order valence-electron chi connectivity index (χ4n) is 1.35. The monoisotopic (exact) mass is 305 g/mol. The van der Waals surface area contributed by atoms with Crippen molar-refractivity contribution in [3.05, 3.63) is 42.7 Å². The van der Waals surface area contributed by atoms with E-state index in [9.17, 15) is 4.79 Å². The second-order valence-corrected chi connectivity index (χ2v) is 3.37. The van der Waals surface area contributed by atoms with E-state index >= 15 is 0 Å². The molecule has 1 atom stereocenters. The van der Waals surface area contributed by atoms with E-state index in [-0.39, 0.29) is 31.2 Å². The Kier molecular flexibility index (Phi) is 7.55. The van der Waals surface area contributed by atoms with Crippen LogP contribution in [-0.4, -0.2) is 32.1 Å². The Morgan fingerprint density at radius 3 is 2.74 bits per heavy atom. The smallest absolute Gasteiger partial charge is 0.345 e. The zero-order valence-electron chi connectivity index (χ0n) is 9.72. The summed E-state index contributed by atoms with van der Waals surface area (Å²) >= 11 is 0. The number of carbonyl (C=O) groups is 1.